The van der Waals surface area contributed by atoms with Crippen molar-refractivity contribution in [2.45, 2.75) is 78.3 Å². The lowest BCUT2D eigenvalue weighted by Gasteiger charge is -2.38. The first-order chi connectivity index (χ1) is 8.24. The van der Waals surface area contributed by atoms with E-state index in [1.54, 1.807) is 0 Å². The first kappa shape index (κ1) is 18.4. The fourth-order valence-electron chi connectivity index (χ4n) is 1.26. The normalized spacial score (nSPS) is 15.0. The zero-order chi connectivity index (χ0) is 15.5. The van der Waals surface area contributed by atoms with Crippen LogP contribution in [0.3, 0.4) is 0 Å². The summed E-state index contributed by atoms with van der Waals surface area (Å²) in [5.41, 5.74) is -0.465. The van der Waals surface area contributed by atoms with Crippen LogP contribution < -0.4 is 5.32 Å². The van der Waals surface area contributed by atoms with E-state index >= 15 is 0 Å². The molecule has 0 aliphatic carbocycles. The number of ether oxygens (including phenoxy) is 1. The van der Waals surface area contributed by atoms with Crippen LogP contribution in [0.5, 0.6) is 0 Å². The molecule has 5 heteroatoms. The quantitative estimate of drug-likeness (QED) is 0.798. The Labute approximate surface area is 119 Å². The largest absolute Gasteiger partial charge is 0.444 e. The molecule has 0 aromatic heterocycles. The van der Waals surface area contributed by atoms with Crippen LogP contribution in [0, 0.1) is 0 Å². The summed E-state index contributed by atoms with van der Waals surface area (Å²) in [7, 11) is -1.78. The van der Waals surface area contributed by atoms with Crippen molar-refractivity contribution in [3.8, 4) is 0 Å². The average Bonchev–Trinajstić information content (AvgIpc) is 2.09. The summed E-state index contributed by atoms with van der Waals surface area (Å²) in [6.45, 7) is 19.0. The van der Waals surface area contributed by atoms with Gasteiger partial charge in [-0.1, -0.05) is 20.8 Å². The molecule has 0 spiro atoms. The second kappa shape index (κ2) is 6.26. The van der Waals surface area contributed by atoms with Crippen LogP contribution in [0.2, 0.25) is 18.1 Å². The summed E-state index contributed by atoms with van der Waals surface area (Å²) in [5, 5.41) is 2.92. The first-order valence-corrected chi connectivity index (χ1v) is 9.80. The van der Waals surface area contributed by atoms with E-state index in [1.165, 1.54) is 0 Å². The fourth-order valence-corrected chi connectivity index (χ4v) is 2.71. The molecule has 0 heterocycles. The third-order valence-electron chi connectivity index (χ3n) is 3.23. The van der Waals surface area contributed by atoms with Crippen molar-refractivity contribution in [1.82, 2.24) is 5.32 Å². The Morgan fingerprint density at radius 2 is 1.63 bits per heavy atom. The van der Waals surface area contributed by atoms with Gasteiger partial charge in [-0.05, 0) is 45.8 Å². The minimum absolute atomic E-state index is 0.00610. The lowest BCUT2D eigenvalue weighted by Crippen LogP contribution is -2.46. The van der Waals surface area contributed by atoms with Gasteiger partial charge in [0.05, 0.1) is 6.10 Å². The van der Waals surface area contributed by atoms with Crippen LogP contribution in [0.4, 0.5) is 4.79 Å². The number of nitrogens with one attached hydrogen (secondary N) is 1. The van der Waals surface area contributed by atoms with Crippen LogP contribution in [0.1, 0.15) is 48.5 Å². The zero-order valence-electron chi connectivity index (χ0n) is 14.0. The van der Waals surface area contributed by atoms with Gasteiger partial charge in [-0.2, -0.15) is 0 Å². The minimum Gasteiger partial charge on any atom is -0.444 e. The Bertz CT molecular complexity index is 303. The van der Waals surface area contributed by atoms with Gasteiger partial charge < -0.3 is 14.5 Å². The van der Waals surface area contributed by atoms with Gasteiger partial charge >= 0.3 is 6.09 Å². The maximum atomic E-state index is 11.5. The second-order valence-corrected chi connectivity index (χ2v) is 12.3. The number of hydrogen-bond acceptors (Lipinski definition) is 3. The van der Waals surface area contributed by atoms with Gasteiger partial charge in [0.15, 0.2) is 8.32 Å². The Kier molecular flexibility index (Phi) is 6.08. The molecule has 0 fully saturated rings. The van der Waals surface area contributed by atoms with E-state index < -0.39 is 20.0 Å². The van der Waals surface area contributed by atoms with Crippen LogP contribution in [0.25, 0.3) is 0 Å². The molecule has 0 saturated carbocycles. The van der Waals surface area contributed by atoms with E-state index in [0.29, 0.717) is 6.54 Å². The molecule has 4 nitrogen and oxygen atoms in total. The van der Waals surface area contributed by atoms with Gasteiger partial charge in [0, 0.05) is 6.54 Å². The molecule has 0 rings (SSSR count). The molecule has 0 bridgehead atoms. The van der Waals surface area contributed by atoms with E-state index in [4.69, 9.17) is 9.16 Å². The zero-order valence-corrected chi connectivity index (χ0v) is 15.0. The van der Waals surface area contributed by atoms with Gasteiger partial charge in [-0.3, -0.25) is 0 Å². The van der Waals surface area contributed by atoms with Crippen LogP contribution in [-0.4, -0.2) is 32.7 Å². The summed E-state index contributed by atoms with van der Waals surface area (Å²) in [5.74, 6) is 0. The predicted octanol–water partition coefficient (Wildman–Crippen LogP) is 3.92. The van der Waals surface area contributed by atoms with E-state index in [1.807, 2.05) is 27.7 Å². The minimum atomic E-state index is -1.78. The third-order valence-corrected chi connectivity index (χ3v) is 7.84. The molecule has 0 saturated heterocycles. The number of hydrogen-bond donors (Lipinski definition) is 1. The molecular formula is C14H31NO3Si. The smallest absolute Gasteiger partial charge is 0.407 e. The number of rotatable bonds is 4. The summed E-state index contributed by atoms with van der Waals surface area (Å²) in [6, 6.07) is 0. The molecule has 1 N–H and O–H groups in total. The summed E-state index contributed by atoms with van der Waals surface area (Å²) < 4.78 is 11.3. The van der Waals surface area contributed by atoms with Crippen LogP contribution in [0.15, 0.2) is 0 Å². The standard InChI is InChI=1S/C14H31NO3Si/c1-11(18-19(8,9)14(5,6)7)10-15-12(16)17-13(2,3)4/h11H,10H2,1-9H3,(H,15,16)/t11-/m0/s1. The predicted molar refractivity (Wildman–Crippen MR) is 82.0 cm³/mol. The number of amides is 1. The molecule has 1 amide bonds. The SMILES string of the molecule is C[C@@H](CNC(=O)OC(C)(C)C)O[Si](C)(C)C(C)(C)C. The van der Waals surface area contributed by atoms with Gasteiger partial charge in [-0.25, -0.2) is 4.79 Å². The van der Waals surface area contributed by atoms with Crippen LogP contribution in [-0.2, 0) is 9.16 Å². The van der Waals surface area contributed by atoms with Crippen molar-refractivity contribution in [1.29, 1.82) is 0 Å². The van der Waals surface area contributed by atoms with Crippen molar-refractivity contribution in [3.05, 3.63) is 0 Å². The molecule has 0 aromatic rings. The molecule has 0 unspecified atom stereocenters. The van der Waals surface area contributed by atoms with Crippen molar-refractivity contribution in [3.63, 3.8) is 0 Å². The van der Waals surface area contributed by atoms with Crippen LogP contribution >= 0.6 is 0 Å². The molecule has 0 aliphatic rings. The molecule has 1 atom stereocenters. The Morgan fingerprint density at radius 3 is 2.00 bits per heavy atom. The number of alkyl carbamates (subject to hydrolysis) is 1. The fraction of sp³-hybridized carbons (Fsp3) is 0.929. The summed E-state index contributed by atoms with van der Waals surface area (Å²) >= 11 is 0. The topological polar surface area (TPSA) is 47.6 Å². The number of carbonyl (C=O) groups is 1. The Hall–Kier alpha value is -0.553. The number of carbonyl (C=O) groups excluding carboxylic acids is 1. The van der Waals surface area contributed by atoms with Gasteiger partial charge in [0.2, 0.25) is 0 Å². The first-order valence-electron chi connectivity index (χ1n) is 6.89. The molecule has 19 heavy (non-hydrogen) atoms. The van der Waals surface area contributed by atoms with Gasteiger partial charge in [0.25, 0.3) is 0 Å². The van der Waals surface area contributed by atoms with E-state index in [0.717, 1.165) is 0 Å². The molecule has 114 valence electrons. The van der Waals surface area contributed by atoms with Crippen molar-refractivity contribution in [2.24, 2.45) is 0 Å². The van der Waals surface area contributed by atoms with Gasteiger partial charge in [0.1, 0.15) is 5.60 Å². The molecular weight excluding hydrogens is 258 g/mol. The second-order valence-electron chi connectivity index (χ2n) is 7.57. The highest BCUT2D eigenvalue weighted by Gasteiger charge is 2.38. The molecule has 0 aliphatic heterocycles. The highest BCUT2D eigenvalue weighted by atomic mass is 28.4. The maximum absolute atomic E-state index is 11.5. The summed E-state index contributed by atoms with van der Waals surface area (Å²) in [4.78, 5) is 11.5. The average molecular weight is 289 g/mol. The van der Waals surface area contributed by atoms with Crippen molar-refractivity contribution < 1.29 is 14.0 Å². The summed E-state index contributed by atoms with van der Waals surface area (Å²) in [6.07, 6.45) is -0.397. The lowest BCUT2D eigenvalue weighted by molar-refractivity contribution is 0.0501. The molecule has 0 aromatic carbocycles. The monoisotopic (exact) mass is 289 g/mol. The Morgan fingerprint density at radius 1 is 1.16 bits per heavy atom. The van der Waals surface area contributed by atoms with E-state index in [9.17, 15) is 4.79 Å². The Balaban J connectivity index is 4.21. The molecule has 0 radical (unpaired) electrons. The maximum Gasteiger partial charge on any atom is 0.407 e. The van der Waals surface area contributed by atoms with Crippen molar-refractivity contribution in [2.75, 3.05) is 6.54 Å². The van der Waals surface area contributed by atoms with Gasteiger partial charge in [-0.15, -0.1) is 0 Å². The highest BCUT2D eigenvalue weighted by Crippen LogP contribution is 2.37. The highest BCUT2D eigenvalue weighted by molar-refractivity contribution is 6.74. The van der Waals surface area contributed by atoms with E-state index in [2.05, 4.69) is 39.2 Å². The van der Waals surface area contributed by atoms with E-state index in [-0.39, 0.29) is 11.1 Å². The third kappa shape index (κ3) is 7.57. The van der Waals surface area contributed by atoms with Crippen molar-refractivity contribution >= 4 is 14.4 Å². The lowest BCUT2D eigenvalue weighted by atomic mass is 10.2.